The van der Waals surface area contributed by atoms with Gasteiger partial charge in [-0.15, -0.1) is 11.8 Å². The highest BCUT2D eigenvalue weighted by molar-refractivity contribution is 7.98. The zero-order valence-electron chi connectivity index (χ0n) is 19.5. The number of thioether (sulfide) groups is 1. The molecule has 0 bridgehead atoms. The van der Waals surface area contributed by atoms with E-state index in [4.69, 9.17) is 4.42 Å². The lowest BCUT2D eigenvalue weighted by atomic mass is 10.1. The highest BCUT2D eigenvalue weighted by Crippen LogP contribution is 2.28. The van der Waals surface area contributed by atoms with Crippen LogP contribution in [0, 0.1) is 12.7 Å². The van der Waals surface area contributed by atoms with Crippen molar-refractivity contribution in [3.05, 3.63) is 102 Å². The van der Waals surface area contributed by atoms with E-state index in [0.717, 1.165) is 22.8 Å². The van der Waals surface area contributed by atoms with E-state index in [-0.39, 0.29) is 11.7 Å². The first-order chi connectivity index (χ1) is 17.1. The first-order valence-electron chi connectivity index (χ1n) is 11.6. The third-order valence-corrected chi connectivity index (χ3v) is 7.17. The van der Waals surface area contributed by atoms with Gasteiger partial charge in [-0.25, -0.2) is 9.37 Å². The van der Waals surface area contributed by atoms with Crippen LogP contribution >= 0.6 is 11.8 Å². The van der Waals surface area contributed by atoms with E-state index in [9.17, 15) is 9.18 Å². The molecule has 1 aliphatic heterocycles. The van der Waals surface area contributed by atoms with Crippen molar-refractivity contribution in [3.63, 3.8) is 0 Å². The average Bonchev–Trinajstić information content (AvgIpc) is 3.28. The third-order valence-electron chi connectivity index (χ3n) is 6.15. The standard InChI is InChI=1S/C28H26FN3O2S/c1-20-25(19-35-23-7-3-2-4-8-23)30-27(34-20)21-11-13-22(14-12-21)28(33)32-17-15-31(16-18-32)26-10-6-5-9-24(26)29/h2-14H,15-19H2,1H3. The number of piperazine rings is 1. The Balaban J connectivity index is 1.21. The number of para-hydroxylation sites is 1. The van der Waals surface area contributed by atoms with Crippen LogP contribution in [-0.2, 0) is 5.75 Å². The van der Waals surface area contributed by atoms with E-state index >= 15 is 0 Å². The largest absolute Gasteiger partial charge is 0.441 e. The number of rotatable bonds is 6. The zero-order valence-corrected chi connectivity index (χ0v) is 20.3. The van der Waals surface area contributed by atoms with Crippen molar-refractivity contribution in [1.82, 2.24) is 9.88 Å². The van der Waals surface area contributed by atoms with Crippen molar-refractivity contribution in [2.75, 3.05) is 31.1 Å². The summed E-state index contributed by atoms with van der Waals surface area (Å²) in [6.07, 6.45) is 0. The van der Waals surface area contributed by atoms with Crippen molar-refractivity contribution in [3.8, 4) is 11.5 Å². The summed E-state index contributed by atoms with van der Waals surface area (Å²) in [5.74, 6) is 1.84. The van der Waals surface area contributed by atoms with Gasteiger partial charge in [-0.3, -0.25) is 4.79 Å². The van der Waals surface area contributed by atoms with E-state index in [1.54, 1.807) is 23.9 Å². The normalized spacial score (nSPS) is 13.8. The van der Waals surface area contributed by atoms with Crippen LogP contribution in [-0.4, -0.2) is 42.0 Å². The summed E-state index contributed by atoms with van der Waals surface area (Å²) < 4.78 is 20.0. The Kier molecular flexibility index (Phi) is 6.86. The highest BCUT2D eigenvalue weighted by Gasteiger charge is 2.23. The third kappa shape index (κ3) is 5.25. The molecule has 1 aliphatic rings. The molecule has 1 fully saturated rings. The number of anilines is 1. The molecule has 1 amide bonds. The van der Waals surface area contributed by atoms with Crippen molar-refractivity contribution in [2.24, 2.45) is 0 Å². The minimum absolute atomic E-state index is 0.0201. The maximum absolute atomic E-state index is 14.1. The van der Waals surface area contributed by atoms with Gasteiger partial charge in [-0.2, -0.15) is 0 Å². The van der Waals surface area contributed by atoms with E-state index in [1.807, 2.05) is 65.3 Å². The molecule has 0 atom stereocenters. The molecule has 1 saturated heterocycles. The number of halogens is 1. The molecule has 7 heteroatoms. The Morgan fingerprint density at radius 1 is 0.943 bits per heavy atom. The number of oxazole rings is 1. The summed E-state index contributed by atoms with van der Waals surface area (Å²) in [6, 6.07) is 24.4. The molecule has 0 spiro atoms. The van der Waals surface area contributed by atoms with E-state index in [1.165, 1.54) is 11.0 Å². The maximum Gasteiger partial charge on any atom is 0.253 e. The van der Waals surface area contributed by atoms with E-state index < -0.39 is 0 Å². The van der Waals surface area contributed by atoms with Gasteiger partial charge < -0.3 is 14.2 Å². The molecule has 178 valence electrons. The van der Waals surface area contributed by atoms with Gasteiger partial charge in [0.05, 0.1) is 11.4 Å². The molecular formula is C28H26FN3O2S. The summed E-state index contributed by atoms with van der Waals surface area (Å²) >= 11 is 1.72. The van der Waals surface area contributed by atoms with Crippen LogP contribution in [0.4, 0.5) is 10.1 Å². The van der Waals surface area contributed by atoms with Crippen LogP contribution in [0.15, 0.2) is 88.2 Å². The van der Waals surface area contributed by atoms with E-state index in [2.05, 4.69) is 17.1 Å². The summed E-state index contributed by atoms with van der Waals surface area (Å²) in [5, 5.41) is 0. The molecule has 5 nitrogen and oxygen atoms in total. The van der Waals surface area contributed by atoms with Gasteiger partial charge in [0.15, 0.2) is 0 Å². The molecule has 4 aromatic rings. The van der Waals surface area contributed by atoms with Crippen molar-refractivity contribution < 1.29 is 13.6 Å². The number of aryl methyl sites for hydroxylation is 1. The number of aromatic nitrogens is 1. The number of carbonyl (C=O) groups excluding carboxylic acids is 1. The predicted octanol–water partition coefficient (Wildman–Crippen LogP) is 6.04. The number of benzene rings is 3. The second kappa shape index (κ2) is 10.4. The Morgan fingerprint density at radius 2 is 1.63 bits per heavy atom. The smallest absolute Gasteiger partial charge is 0.253 e. The summed E-state index contributed by atoms with van der Waals surface area (Å²) in [4.78, 5) is 22.7. The average molecular weight is 488 g/mol. The van der Waals surface area contributed by atoms with Gasteiger partial charge in [-0.1, -0.05) is 30.3 Å². The molecule has 35 heavy (non-hydrogen) atoms. The van der Waals surface area contributed by atoms with Crippen molar-refractivity contribution >= 4 is 23.4 Å². The Hall–Kier alpha value is -3.58. The monoisotopic (exact) mass is 487 g/mol. The van der Waals surface area contributed by atoms with Gasteiger partial charge in [0.2, 0.25) is 5.89 Å². The lowest BCUT2D eigenvalue weighted by molar-refractivity contribution is 0.0746. The minimum atomic E-state index is -0.230. The molecular weight excluding hydrogens is 461 g/mol. The topological polar surface area (TPSA) is 49.6 Å². The number of nitrogens with zero attached hydrogens (tertiary/aromatic N) is 3. The fraction of sp³-hybridized carbons (Fsp3) is 0.214. The molecule has 0 N–H and O–H groups in total. The summed E-state index contributed by atoms with van der Waals surface area (Å²) in [7, 11) is 0. The first kappa shape index (κ1) is 23.2. The minimum Gasteiger partial charge on any atom is -0.441 e. The highest BCUT2D eigenvalue weighted by atomic mass is 32.2. The van der Waals surface area contributed by atoms with E-state index in [0.29, 0.717) is 43.3 Å². The number of carbonyl (C=O) groups is 1. The Bertz CT molecular complexity index is 1300. The molecule has 2 heterocycles. The van der Waals surface area contributed by atoms with Crippen LogP contribution in [0.5, 0.6) is 0 Å². The quantitative estimate of drug-likeness (QED) is 0.310. The van der Waals surface area contributed by atoms with Gasteiger partial charge in [0, 0.05) is 48.0 Å². The molecule has 0 aliphatic carbocycles. The summed E-state index contributed by atoms with van der Waals surface area (Å²) in [5.41, 5.74) is 2.97. The lowest BCUT2D eigenvalue weighted by Gasteiger charge is -2.36. The van der Waals surface area contributed by atoms with Crippen LogP contribution in [0.1, 0.15) is 21.8 Å². The second-order valence-electron chi connectivity index (χ2n) is 8.43. The number of hydrogen-bond donors (Lipinski definition) is 0. The first-order valence-corrected chi connectivity index (χ1v) is 12.6. The van der Waals surface area contributed by atoms with Crippen molar-refractivity contribution in [1.29, 1.82) is 0 Å². The molecule has 5 rings (SSSR count). The Labute approximate surface area is 208 Å². The number of amides is 1. The van der Waals surface area contributed by atoms with Crippen LogP contribution in [0.3, 0.4) is 0 Å². The lowest BCUT2D eigenvalue weighted by Crippen LogP contribution is -2.49. The predicted molar refractivity (Wildman–Crippen MR) is 137 cm³/mol. The van der Waals surface area contributed by atoms with Gasteiger partial charge >= 0.3 is 0 Å². The fourth-order valence-electron chi connectivity index (χ4n) is 4.15. The van der Waals surface area contributed by atoms with Gasteiger partial charge in [0.1, 0.15) is 11.6 Å². The SMILES string of the molecule is Cc1oc(-c2ccc(C(=O)N3CCN(c4ccccc4F)CC3)cc2)nc1CSc1ccccc1. The number of hydrogen-bond acceptors (Lipinski definition) is 5. The van der Waals surface area contributed by atoms with Crippen LogP contribution in [0.25, 0.3) is 11.5 Å². The molecule has 3 aromatic carbocycles. The van der Waals surface area contributed by atoms with Crippen LogP contribution < -0.4 is 4.90 Å². The second-order valence-corrected chi connectivity index (χ2v) is 9.48. The Morgan fingerprint density at radius 3 is 2.34 bits per heavy atom. The molecule has 0 radical (unpaired) electrons. The summed E-state index contributed by atoms with van der Waals surface area (Å²) in [6.45, 7) is 4.23. The molecule has 0 unspecified atom stereocenters. The van der Waals surface area contributed by atoms with Crippen LogP contribution in [0.2, 0.25) is 0 Å². The molecule has 0 saturated carbocycles. The van der Waals surface area contributed by atoms with Crippen molar-refractivity contribution in [2.45, 2.75) is 17.6 Å². The van der Waals surface area contributed by atoms with Gasteiger partial charge in [-0.05, 0) is 55.5 Å². The fourth-order valence-corrected chi connectivity index (χ4v) is 5.07. The van der Waals surface area contributed by atoms with Gasteiger partial charge in [0.25, 0.3) is 5.91 Å². The zero-order chi connectivity index (χ0) is 24.2. The maximum atomic E-state index is 14.1. The molecule has 1 aromatic heterocycles.